The number of nitrogens with zero attached hydrogens (tertiary/aromatic N) is 2. The fraction of sp³-hybridized carbons (Fsp3) is 0.300. The van der Waals surface area contributed by atoms with Crippen molar-refractivity contribution in [2.45, 2.75) is 6.92 Å². The summed E-state index contributed by atoms with van der Waals surface area (Å²) < 4.78 is 0. The van der Waals surface area contributed by atoms with Crippen LogP contribution in [0.3, 0.4) is 0 Å². The van der Waals surface area contributed by atoms with E-state index < -0.39 is 11.9 Å². The van der Waals surface area contributed by atoms with Crippen molar-refractivity contribution >= 4 is 23.4 Å². The fourth-order valence-electron chi connectivity index (χ4n) is 1.38. The van der Waals surface area contributed by atoms with E-state index in [4.69, 9.17) is 16.6 Å². The van der Waals surface area contributed by atoms with Crippen molar-refractivity contribution in [1.29, 1.82) is 0 Å². The number of nitrogen functional groups attached to an aromatic ring is 1. The van der Waals surface area contributed by atoms with Crippen molar-refractivity contribution in [2.75, 3.05) is 23.7 Å². The van der Waals surface area contributed by atoms with Gasteiger partial charge in [0.25, 0.3) is 0 Å². The summed E-state index contributed by atoms with van der Waals surface area (Å²) in [5, 5.41) is 8.76. The van der Waals surface area contributed by atoms with Gasteiger partial charge in [-0.05, 0) is 13.0 Å². The molecule has 0 bridgehead atoms. The molecule has 0 fully saturated rings. The number of aromatic carboxylic acids is 1. The molecule has 0 aliphatic carbocycles. The lowest BCUT2D eigenvalue weighted by molar-refractivity contribution is -0.116. The third kappa shape index (κ3) is 3.07. The number of rotatable bonds is 5. The molecular formula is C10H14N4O3. The van der Waals surface area contributed by atoms with Gasteiger partial charge in [0.15, 0.2) is 5.82 Å². The number of pyridine rings is 1. The van der Waals surface area contributed by atoms with Crippen LogP contribution in [0.15, 0.2) is 12.3 Å². The number of amides is 1. The molecule has 1 amide bonds. The van der Waals surface area contributed by atoms with Crippen LogP contribution in [-0.2, 0) is 4.79 Å². The van der Waals surface area contributed by atoms with Crippen LogP contribution in [0.25, 0.3) is 0 Å². The molecule has 0 radical (unpaired) electrons. The van der Waals surface area contributed by atoms with E-state index in [-0.39, 0.29) is 17.8 Å². The second kappa shape index (κ2) is 5.15. The smallest absolute Gasteiger partial charge is 0.337 e. The molecular weight excluding hydrogens is 224 g/mol. The maximum atomic E-state index is 10.8. The van der Waals surface area contributed by atoms with Crippen LogP contribution in [-0.4, -0.2) is 35.1 Å². The SMILES string of the molecule is CCN(CC(N)=O)c1ncc(C(=O)O)cc1N. The van der Waals surface area contributed by atoms with E-state index in [1.54, 1.807) is 4.90 Å². The van der Waals surface area contributed by atoms with Gasteiger partial charge in [-0.3, -0.25) is 4.79 Å². The van der Waals surface area contributed by atoms with Gasteiger partial charge in [-0.1, -0.05) is 0 Å². The maximum Gasteiger partial charge on any atom is 0.337 e. The monoisotopic (exact) mass is 238 g/mol. The second-order valence-corrected chi connectivity index (χ2v) is 3.42. The van der Waals surface area contributed by atoms with Crippen LogP contribution in [0.2, 0.25) is 0 Å². The lowest BCUT2D eigenvalue weighted by atomic mass is 10.2. The fourth-order valence-corrected chi connectivity index (χ4v) is 1.38. The Morgan fingerprint density at radius 3 is 2.59 bits per heavy atom. The Balaban J connectivity index is 3.04. The van der Waals surface area contributed by atoms with E-state index in [1.807, 2.05) is 6.92 Å². The molecule has 7 nitrogen and oxygen atoms in total. The number of carbonyl (C=O) groups is 2. The van der Waals surface area contributed by atoms with Crippen LogP contribution < -0.4 is 16.4 Å². The summed E-state index contributed by atoms with van der Waals surface area (Å²) >= 11 is 0. The molecule has 92 valence electrons. The Hall–Kier alpha value is -2.31. The van der Waals surface area contributed by atoms with E-state index >= 15 is 0 Å². The number of anilines is 2. The van der Waals surface area contributed by atoms with E-state index in [9.17, 15) is 9.59 Å². The van der Waals surface area contributed by atoms with Gasteiger partial charge in [-0.25, -0.2) is 9.78 Å². The zero-order chi connectivity index (χ0) is 13.0. The molecule has 1 aromatic rings. The zero-order valence-electron chi connectivity index (χ0n) is 9.38. The number of nitrogens with two attached hydrogens (primary N) is 2. The summed E-state index contributed by atoms with van der Waals surface area (Å²) in [6.45, 7) is 2.29. The molecule has 0 aliphatic heterocycles. The summed E-state index contributed by atoms with van der Waals surface area (Å²) in [6, 6.07) is 1.30. The number of carbonyl (C=O) groups excluding carboxylic acids is 1. The van der Waals surface area contributed by atoms with Crippen molar-refractivity contribution in [3.8, 4) is 0 Å². The zero-order valence-corrected chi connectivity index (χ0v) is 9.38. The molecule has 1 aromatic heterocycles. The highest BCUT2D eigenvalue weighted by Crippen LogP contribution is 2.20. The molecule has 1 heterocycles. The summed E-state index contributed by atoms with van der Waals surface area (Å²) in [7, 11) is 0. The molecule has 0 aromatic carbocycles. The maximum absolute atomic E-state index is 10.8. The van der Waals surface area contributed by atoms with Gasteiger partial charge in [0, 0.05) is 12.7 Å². The first kappa shape index (κ1) is 12.8. The molecule has 7 heteroatoms. The number of hydrogen-bond donors (Lipinski definition) is 3. The Morgan fingerprint density at radius 1 is 1.53 bits per heavy atom. The van der Waals surface area contributed by atoms with E-state index in [0.29, 0.717) is 12.4 Å². The van der Waals surface area contributed by atoms with Crippen molar-refractivity contribution in [3.63, 3.8) is 0 Å². The van der Waals surface area contributed by atoms with E-state index in [1.165, 1.54) is 12.3 Å². The van der Waals surface area contributed by atoms with Gasteiger partial charge < -0.3 is 21.5 Å². The lowest BCUT2D eigenvalue weighted by Crippen LogP contribution is -2.34. The predicted octanol–water partition coefficient (Wildman–Crippen LogP) is -0.326. The normalized spacial score (nSPS) is 9.94. The van der Waals surface area contributed by atoms with Gasteiger partial charge in [0.1, 0.15) is 0 Å². The third-order valence-corrected chi connectivity index (χ3v) is 2.17. The highest BCUT2D eigenvalue weighted by Gasteiger charge is 2.14. The predicted molar refractivity (Wildman–Crippen MR) is 62.7 cm³/mol. The summed E-state index contributed by atoms with van der Waals surface area (Å²) in [6.07, 6.45) is 1.19. The Labute approximate surface area is 98.0 Å². The van der Waals surface area contributed by atoms with Crippen molar-refractivity contribution in [3.05, 3.63) is 17.8 Å². The number of hydrogen-bond acceptors (Lipinski definition) is 5. The molecule has 0 spiro atoms. The minimum atomic E-state index is -1.10. The lowest BCUT2D eigenvalue weighted by Gasteiger charge is -2.21. The number of carboxylic acids is 1. The first-order valence-corrected chi connectivity index (χ1v) is 4.97. The molecule has 0 atom stereocenters. The van der Waals surface area contributed by atoms with Crippen molar-refractivity contribution in [2.24, 2.45) is 5.73 Å². The first-order chi connectivity index (χ1) is 7.95. The highest BCUT2D eigenvalue weighted by atomic mass is 16.4. The van der Waals surface area contributed by atoms with Crippen molar-refractivity contribution in [1.82, 2.24) is 4.98 Å². The molecule has 17 heavy (non-hydrogen) atoms. The highest BCUT2D eigenvalue weighted by molar-refractivity contribution is 5.89. The number of carboxylic acid groups (broad SMARTS) is 1. The number of likely N-dealkylation sites (N-methyl/N-ethyl adjacent to an activating group) is 1. The van der Waals surface area contributed by atoms with Crippen LogP contribution in [0, 0.1) is 0 Å². The minimum absolute atomic E-state index is 0.00128. The Morgan fingerprint density at radius 2 is 2.18 bits per heavy atom. The van der Waals surface area contributed by atoms with Crippen LogP contribution in [0.5, 0.6) is 0 Å². The largest absolute Gasteiger partial charge is 0.478 e. The summed E-state index contributed by atoms with van der Waals surface area (Å²) in [4.78, 5) is 27.1. The molecule has 0 aliphatic rings. The molecule has 0 saturated heterocycles. The molecule has 5 N–H and O–H groups in total. The topological polar surface area (TPSA) is 123 Å². The summed E-state index contributed by atoms with van der Waals surface area (Å²) in [5.74, 6) is -1.25. The van der Waals surface area contributed by atoms with E-state index in [0.717, 1.165) is 0 Å². The van der Waals surface area contributed by atoms with Crippen LogP contribution in [0.4, 0.5) is 11.5 Å². The van der Waals surface area contributed by atoms with Crippen LogP contribution >= 0.6 is 0 Å². The average Bonchev–Trinajstić information content (AvgIpc) is 2.25. The number of primary amides is 1. The quantitative estimate of drug-likeness (QED) is 0.645. The second-order valence-electron chi connectivity index (χ2n) is 3.42. The van der Waals surface area contributed by atoms with Crippen molar-refractivity contribution < 1.29 is 14.7 Å². The standard InChI is InChI=1S/C10H14N4O3/c1-2-14(5-8(12)15)9-7(11)3-6(4-13-9)10(16)17/h3-4H,2,5,11H2,1H3,(H2,12,15)(H,16,17). The Kier molecular flexibility index (Phi) is 3.86. The third-order valence-electron chi connectivity index (χ3n) is 2.17. The Bertz CT molecular complexity index is 447. The average molecular weight is 238 g/mol. The molecule has 0 unspecified atom stereocenters. The van der Waals surface area contributed by atoms with Gasteiger partial charge in [-0.15, -0.1) is 0 Å². The minimum Gasteiger partial charge on any atom is -0.478 e. The van der Waals surface area contributed by atoms with Gasteiger partial charge in [-0.2, -0.15) is 0 Å². The molecule has 1 rings (SSSR count). The van der Waals surface area contributed by atoms with Crippen LogP contribution in [0.1, 0.15) is 17.3 Å². The van der Waals surface area contributed by atoms with Gasteiger partial charge >= 0.3 is 5.97 Å². The summed E-state index contributed by atoms with van der Waals surface area (Å²) in [5.41, 5.74) is 11.0. The van der Waals surface area contributed by atoms with Gasteiger partial charge in [0.05, 0.1) is 17.8 Å². The number of aromatic nitrogens is 1. The molecule has 0 saturated carbocycles. The van der Waals surface area contributed by atoms with E-state index in [2.05, 4.69) is 4.98 Å². The van der Waals surface area contributed by atoms with Gasteiger partial charge in [0.2, 0.25) is 5.91 Å². The first-order valence-electron chi connectivity index (χ1n) is 4.97.